The molecule has 2 heterocycles. The highest BCUT2D eigenvalue weighted by atomic mass is 35.5. The fraction of sp³-hybridized carbons (Fsp3) is 0.333. The first kappa shape index (κ1) is 17.0. The second-order valence-corrected chi connectivity index (χ2v) is 7.38. The van der Waals surface area contributed by atoms with E-state index in [0.717, 1.165) is 18.5 Å². The third-order valence-corrected chi connectivity index (χ3v) is 5.46. The van der Waals surface area contributed by atoms with Crippen molar-refractivity contribution in [2.75, 3.05) is 6.54 Å². The van der Waals surface area contributed by atoms with Crippen LogP contribution in [0.15, 0.2) is 35.7 Å². The molecule has 0 saturated heterocycles. The molecule has 126 valence electrons. The van der Waals surface area contributed by atoms with Crippen molar-refractivity contribution < 1.29 is 9.59 Å². The van der Waals surface area contributed by atoms with E-state index in [9.17, 15) is 9.59 Å². The van der Waals surface area contributed by atoms with E-state index in [4.69, 9.17) is 11.6 Å². The van der Waals surface area contributed by atoms with E-state index in [-0.39, 0.29) is 24.3 Å². The molecule has 1 atom stereocenters. The molecule has 1 aliphatic rings. The third kappa shape index (κ3) is 3.97. The first-order valence-corrected chi connectivity index (χ1v) is 9.14. The van der Waals surface area contributed by atoms with Gasteiger partial charge in [-0.2, -0.15) is 0 Å². The lowest BCUT2D eigenvalue weighted by molar-refractivity contribution is -0.133. The average Bonchev–Trinajstić information content (AvgIpc) is 3.02. The van der Waals surface area contributed by atoms with Crippen LogP contribution in [-0.2, 0) is 22.6 Å². The van der Waals surface area contributed by atoms with E-state index in [1.54, 1.807) is 23.5 Å². The van der Waals surface area contributed by atoms with Crippen LogP contribution in [0.1, 0.15) is 35.4 Å². The number of nitrogens with one attached hydrogen (secondary N) is 1. The highest BCUT2D eigenvalue weighted by Crippen LogP contribution is 2.26. The Morgan fingerprint density at radius 2 is 2.04 bits per heavy atom. The summed E-state index contributed by atoms with van der Waals surface area (Å²) in [5, 5.41) is 5.58. The molecule has 1 aromatic heterocycles. The molecular weight excluding hydrogens is 344 g/mol. The summed E-state index contributed by atoms with van der Waals surface area (Å²) in [5.41, 5.74) is 2.12. The monoisotopic (exact) mass is 362 g/mol. The SMILES string of the molecule is CC(=O)N[C@@H](CC(=O)N1CCc2sccc2C1)c1ccc(Cl)cc1. The van der Waals surface area contributed by atoms with Crippen LogP contribution >= 0.6 is 22.9 Å². The van der Waals surface area contributed by atoms with Crippen LogP contribution in [0.25, 0.3) is 0 Å². The molecule has 0 saturated carbocycles. The lowest BCUT2D eigenvalue weighted by Crippen LogP contribution is -2.38. The molecular formula is C18H19ClN2O2S. The van der Waals surface area contributed by atoms with Crippen molar-refractivity contribution in [3.8, 4) is 0 Å². The van der Waals surface area contributed by atoms with Gasteiger partial charge in [-0.05, 0) is 41.1 Å². The van der Waals surface area contributed by atoms with E-state index in [1.165, 1.54) is 17.4 Å². The zero-order valence-corrected chi connectivity index (χ0v) is 15.0. The van der Waals surface area contributed by atoms with E-state index in [0.29, 0.717) is 11.6 Å². The summed E-state index contributed by atoms with van der Waals surface area (Å²) in [4.78, 5) is 27.5. The normalized spacial score (nSPS) is 14.8. The summed E-state index contributed by atoms with van der Waals surface area (Å²) >= 11 is 7.68. The number of amides is 2. The van der Waals surface area contributed by atoms with E-state index >= 15 is 0 Å². The van der Waals surface area contributed by atoms with Crippen LogP contribution in [0.3, 0.4) is 0 Å². The summed E-state index contributed by atoms with van der Waals surface area (Å²) in [6.07, 6.45) is 1.16. The second kappa shape index (κ2) is 7.36. The largest absolute Gasteiger partial charge is 0.349 e. The summed E-state index contributed by atoms with van der Waals surface area (Å²) in [6, 6.07) is 9.00. The molecule has 0 bridgehead atoms. The van der Waals surface area contributed by atoms with Gasteiger partial charge in [-0.25, -0.2) is 0 Å². The van der Waals surface area contributed by atoms with Crippen LogP contribution in [0.2, 0.25) is 5.02 Å². The quantitative estimate of drug-likeness (QED) is 0.904. The fourth-order valence-electron chi connectivity index (χ4n) is 2.96. The molecule has 4 nitrogen and oxygen atoms in total. The van der Waals surface area contributed by atoms with Gasteiger partial charge in [0, 0.05) is 29.9 Å². The Labute approximate surface area is 150 Å². The Kier molecular flexibility index (Phi) is 5.21. The first-order valence-electron chi connectivity index (χ1n) is 7.88. The van der Waals surface area contributed by atoms with Gasteiger partial charge in [-0.1, -0.05) is 23.7 Å². The Morgan fingerprint density at radius 1 is 1.29 bits per heavy atom. The lowest BCUT2D eigenvalue weighted by atomic mass is 10.0. The molecule has 2 amide bonds. The topological polar surface area (TPSA) is 49.4 Å². The number of thiophene rings is 1. The first-order chi connectivity index (χ1) is 11.5. The van der Waals surface area contributed by atoms with Gasteiger partial charge in [0.1, 0.15) is 0 Å². The van der Waals surface area contributed by atoms with Crippen LogP contribution < -0.4 is 5.32 Å². The van der Waals surface area contributed by atoms with Gasteiger partial charge in [-0.3, -0.25) is 9.59 Å². The molecule has 6 heteroatoms. The Hall–Kier alpha value is -1.85. The molecule has 1 N–H and O–H groups in total. The van der Waals surface area contributed by atoms with Crippen molar-refractivity contribution in [2.45, 2.75) is 32.4 Å². The van der Waals surface area contributed by atoms with Crippen LogP contribution in [0.4, 0.5) is 0 Å². The van der Waals surface area contributed by atoms with Gasteiger partial charge < -0.3 is 10.2 Å². The van der Waals surface area contributed by atoms with Crippen LogP contribution in [-0.4, -0.2) is 23.3 Å². The summed E-state index contributed by atoms with van der Waals surface area (Å²) in [5.74, 6) is -0.0953. The number of nitrogens with zero attached hydrogens (tertiary/aromatic N) is 1. The molecule has 1 aliphatic heterocycles. The molecule has 0 radical (unpaired) electrons. The van der Waals surface area contributed by atoms with Gasteiger partial charge >= 0.3 is 0 Å². The molecule has 24 heavy (non-hydrogen) atoms. The van der Waals surface area contributed by atoms with Gasteiger partial charge in [0.15, 0.2) is 0 Å². The maximum atomic E-state index is 12.7. The zero-order chi connectivity index (χ0) is 17.1. The van der Waals surface area contributed by atoms with Gasteiger partial charge in [0.25, 0.3) is 0 Å². The maximum absolute atomic E-state index is 12.7. The van der Waals surface area contributed by atoms with Crippen molar-refractivity contribution in [1.82, 2.24) is 10.2 Å². The third-order valence-electron chi connectivity index (χ3n) is 4.19. The number of benzene rings is 1. The molecule has 2 aromatic rings. The minimum Gasteiger partial charge on any atom is -0.349 e. The number of rotatable bonds is 4. The summed E-state index contributed by atoms with van der Waals surface area (Å²) in [7, 11) is 0. The zero-order valence-electron chi connectivity index (χ0n) is 13.4. The molecule has 0 aliphatic carbocycles. The standard InChI is InChI=1S/C18H19ClN2O2S/c1-12(22)20-16(13-2-4-15(19)5-3-13)10-18(23)21-8-6-17-14(11-21)7-9-24-17/h2-5,7,9,16H,6,8,10-11H2,1H3,(H,20,22)/t16-/m0/s1. The number of hydrogen-bond donors (Lipinski definition) is 1. The average molecular weight is 363 g/mol. The molecule has 0 unspecified atom stereocenters. The van der Waals surface area contributed by atoms with Crippen molar-refractivity contribution in [3.05, 3.63) is 56.7 Å². The smallest absolute Gasteiger partial charge is 0.225 e. The van der Waals surface area contributed by atoms with Crippen molar-refractivity contribution in [2.24, 2.45) is 0 Å². The van der Waals surface area contributed by atoms with Crippen LogP contribution in [0.5, 0.6) is 0 Å². The summed E-state index contributed by atoms with van der Waals surface area (Å²) in [6.45, 7) is 2.86. The summed E-state index contributed by atoms with van der Waals surface area (Å²) < 4.78 is 0. The molecule has 0 spiro atoms. The van der Waals surface area contributed by atoms with Crippen molar-refractivity contribution in [1.29, 1.82) is 0 Å². The molecule has 3 rings (SSSR count). The number of fused-ring (bicyclic) bond motifs is 1. The highest BCUT2D eigenvalue weighted by Gasteiger charge is 2.25. The predicted molar refractivity (Wildman–Crippen MR) is 96.1 cm³/mol. The lowest BCUT2D eigenvalue weighted by Gasteiger charge is -2.29. The van der Waals surface area contributed by atoms with E-state index in [2.05, 4.69) is 16.8 Å². The molecule has 1 aromatic carbocycles. The Balaban J connectivity index is 1.71. The number of hydrogen-bond acceptors (Lipinski definition) is 3. The van der Waals surface area contributed by atoms with Gasteiger partial charge in [0.2, 0.25) is 11.8 Å². The Morgan fingerprint density at radius 3 is 2.75 bits per heavy atom. The predicted octanol–water partition coefficient (Wildman–Crippen LogP) is 3.55. The van der Waals surface area contributed by atoms with E-state index in [1.807, 2.05) is 17.0 Å². The van der Waals surface area contributed by atoms with Gasteiger partial charge in [-0.15, -0.1) is 11.3 Å². The number of carbonyl (C=O) groups is 2. The number of halogens is 1. The van der Waals surface area contributed by atoms with Crippen molar-refractivity contribution >= 4 is 34.8 Å². The minimum absolute atomic E-state index is 0.0561. The second-order valence-electron chi connectivity index (χ2n) is 5.94. The van der Waals surface area contributed by atoms with Crippen molar-refractivity contribution in [3.63, 3.8) is 0 Å². The minimum atomic E-state index is -0.337. The maximum Gasteiger partial charge on any atom is 0.225 e. The molecule has 0 fully saturated rings. The van der Waals surface area contributed by atoms with Crippen LogP contribution in [0, 0.1) is 0 Å². The highest BCUT2D eigenvalue weighted by molar-refractivity contribution is 7.10. The Bertz CT molecular complexity index is 742. The van der Waals surface area contributed by atoms with Gasteiger partial charge in [0.05, 0.1) is 12.5 Å². The fourth-order valence-corrected chi connectivity index (χ4v) is 3.97. The van der Waals surface area contributed by atoms with E-state index < -0.39 is 0 Å². The number of carbonyl (C=O) groups excluding carboxylic acids is 2.